The Morgan fingerprint density at radius 3 is 3.05 bits per heavy atom. The van der Waals surface area contributed by atoms with Crippen molar-refractivity contribution in [1.29, 1.82) is 0 Å². The van der Waals surface area contributed by atoms with E-state index in [0.717, 1.165) is 36.5 Å². The molecule has 2 fully saturated rings. The summed E-state index contributed by atoms with van der Waals surface area (Å²) in [6.07, 6.45) is 4.63. The highest BCUT2D eigenvalue weighted by molar-refractivity contribution is 6.30. The molecule has 2 saturated heterocycles. The van der Waals surface area contributed by atoms with Crippen molar-refractivity contribution in [1.82, 2.24) is 20.3 Å². The fourth-order valence-electron chi connectivity index (χ4n) is 3.17. The lowest BCUT2D eigenvalue weighted by atomic mass is 10.1. The van der Waals surface area contributed by atoms with Gasteiger partial charge >= 0.3 is 0 Å². The number of nitrogens with one attached hydrogen (secondary N) is 1. The van der Waals surface area contributed by atoms with Crippen molar-refractivity contribution in [3.63, 3.8) is 0 Å². The second-order valence-corrected chi connectivity index (χ2v) is 5.59. The van der Waals surface area contributed by atoms with Gasteiger partial charge in [0.1, 0.15) is 10.7 Å². The smallest absolute Gasteiger partial charge is 0.158 e. The average molecular weight is 276 g/mol. The summed E-state index contributed by atoms with van der Waals surface area (Å²) < 4.78 is 0. The van der Waals surface area contributed by atoms with Crippen molar-refractivity contribution in [2.24, 2.45) is 5.92 Å². The molecule has 98 valence electrons. The predicted molar refractivity (Wildman–Crippen MR) is 74.5 cm³/mol. The first-order valence-corrected chi connectivity index (χ1v) is 6.94. The maximum absolute atomic E-state index is 6.10. The van der Waals surface area contributed by atoms with Gasteiger partial charge in [-0.2, -0.15) is 0 Å². The van der Waals surface area contributed by atoms with Gasteiger partial charge in [0.05, 0.1) is 5.52 Å². The molecule has 0 aromatic carbocycles. The third-order valence-electron chi connectivity index (χ3n) is 4.07. The van der Waals surface area contributed by atoms with Gasteiger partial charge in [0.15, 0.2) is 5.82 Å². The number of anilines is 1. The van der Waals surface area contributed by atoms with Crippen LogP contribution in [0.1, 0.15) is 6.42 Å². The van der Waals surface area contributed by atoms with Gasteiger partial charge in [-0.3, -0.25) is 4.98 Å². The van der Waals surface area contributed by atoms with Crippen LogP contribution in [-0.4, -0.2) is 40.6 Å². The Balaban J connectivity index is 1.78. The summed E-state index contributed by atoms with van der Waals surface area (Å²) in [7, 11) is 0. The summed E-state index contributed by atoms with van der Waals surface area (Å²) >= 11 is 6.10. The molecule has 1 N–H and O–H groups in total. The molecule has 5 nitrogen and oxygen atoms in total. The lowest BCUT2D eigenvalue weighted by Gasteiger charge is -2.19. The topological polar surface area (TPSA) is 53.9 Å². The number of hydrogen-bond donors (Lipinski definition) is 1. The summed E-state index contributed by atoms with van der Waals surface area (Å²) in [6.45, 7) is 3.13. The van der Waals surface area contributed by atoms with Gasteiger partial charge in [0, 0.05) is 37.6 Å². The second-order valence-electron chi connectivity index (χ2n) is 5.21. The zero-order valence-corrected chi connectivity index (χ0v) is 11.1. The zero-order valence-electron chi connectivity index (χ0n) is 10.4. The minimum absolute atomic E-state index is 0.480. The van der Waals surface area contributed by atoms with E-state index in [-0.39, 0.29) is 0 Å². The SMILES string of the molecule is Clc1cc2nccnc2c(N2CC3CCNC3C2)n1. The van der Waals surface area contributed by atoms with Crippen LogP contribution in [0.2, 0.25) is 5.15 Å². The first-order chi connectivity index (χ1) is 9.31. The number of hydrogen-bond acceptors (Lipinski definition) is 5. The molecule has 0 aliphatic carbocycles. The van der Waals surface area contributed by atoms with E-state index in [9.17, 15) is 0 Å². The summed E-state index contributed by atoms with van der Waals surface area (Å²) in [5.74, 6) is 1.58. The number of nitrogens with zero attached hydrogens (tertiary/aromatic N) is 4. The molecule has 19 heavy (non-hydrogen) atoms. The minimum Gasteiger partial charge on any atom is -0.353 e. The van der Waals surface area contributed by atoms with E-state index in [1.165, 1.54) is 6.42 Å². The van der Waals surface area contributed by atoms with E-state index in [1.54, 1.807) is 18.5 Å². The quantitative estimate of drug-likeness (QED) is 0.799. The maximum atomic E-state index is 6.10. The Labute approximate surface area is 116 Å². The van der Waals surface area contributed by atoms with E-state index in [0.29, 0.717) is 17.1 Å². The molecule has 6 heteroatoms. The van der Waals surface area contributed by atoms with Crippen LogP contribution in [0.5, 0.6) is 0 Å². The van der Waals surface area contributed by atoms with E-state index in [2.05, 4.69) is 25.2 Å². The van der Waals surface area contributed by atoms with Crippen LogP contribution < -0.4 is 10.2 Å². The fourth-order valence-corrected chi connectivity index (χ4v) is 3.35. The normalized spacial score (nSPS) is 26.1. The maximum Gasteiger partial charge on any atom is 0.158 e. The molecule has 0 radical (unpaired) electrons. The van der Waals surface area contributed by atoms with E-state index in [4.69, 9.17) is 11.6 Å². The van der Waals surface area contributed by atoms with Crippen molar-refractivity contribution in [2.75, 3.05) is 24.5 Å². The van der Waals surface area contributed by atoms with Gasteiger partial charge in [-0.25, -0.2) is 9.97 Å². The Morgan fingerprint density at radius 1 is 1.26 bits per heavy atom. The van der Waals surface area contributed by atoms with Crippen LogP contribution in [0.4, 0.5) is 5.82 Å². The first-order valence-electron chi connectivity index (χ1n) is 6.57. The molecule has 4 rings (SSSR count). The molecule has 2 aliphatic heterocycles. The molecular formula is C13H14ClN5. The summed E-state index contributed by atoms with van der Waals surface area (Å²) in [5, 5.41) is 4.02. The molecule has 0 spiro atoms. The number of aromatic nitrogens is 3. The molecule has 0 bridgehead atoms. The molecular weight excluding hydrogens is 262 g/mol. The largest absolute Gasteiger partial charge is 0.353 e. The van der Waals surface area contributed by atoms with Gasteiger partial charge < -0.3 is 10.2 Å². The fraction of sp³-hybridized carbons (Fsp3) is 0.462. The standard InChI is InChI=1S/C13H14ClN5/c14-11-5-9-12(17-4-3-16-9)13(18-11)19-6-8-1-2-15-10(8)7-19/h3-5,8,10,15H,1-2,6-7H2. The lowest BCUT2D eigenvalue weighted by Crippen LogP contribution is -2.30. The Kier molecular flexibility index (Phi) is 2.56. The minimum atomic E-state index is 0.480. The van der Waals surface area contributed by atoms with Crippen LogP contribution >= 0.6 is 11.6 Å². The molecule has 2 aromatic rings. The Morgan fingerprint density at radius 2 is 2.16 bits per heavy atom. The average Bonchev–Trinajstić information content (AvgIpc) is 2.98. The summed E-state index contributed by atoms with van der Waals surface area (Å²) in [4.78, 5) is 15.5. The van der Waals surface area contributed by atoms with Crippen molar-refractivity contribution in [3.8, 4) is 0 Å². The lowest BCUT2D eigenvalue weighted by molar-refractivity contribution is 0.556. The highest BCUT2D eigenvalue weighted by Gasteiger charge is 2.37. The van der Waals surface area contributed by atoms with Gasteiger partial charge in [0.25, 0.3) is 0 Å². The summed E-state index contributed by atoms with van der Waals surface area (Å²) in [5.41, 5.74) is 1.65. The van der Waals surface area contributed by atoms with E-state index < -0.39 is 0 Å². The van der Waals surface area contributed by atoms with Crippen LogP contribution in [0, 0.1) is 5.92 Å². The highest BCUT2D eigenvalue weighted by atomic mass is 35.5. The van der Waals surface area contributed by atoms with Crippen molar-refractivity contribution in [3.05, 3.63) is 23.6 Å². The monoisotopic (exact) mass is 275 g/mol. The number of pyridine rings is 1. The van der Waals surface area contributed by atoms with Gasteiger partial charge in [-0.05, 0) is 18.9 Å². The number of halogens is 1. The predicted octanol–water partition coefficient (Wildman–Crippen LogP) is 1.48. The molecule has 0 amide bonds. The van der Waals surface area contributed by atoms with Crippen LogP contribution in [0.15, 0.2) is 18.5 Å². The van der Waals surface area contributed by atoms with Crippen molar-refractivity contribution in [2.45, 2.75) is 12.5 Å². The zero-order chi connectivity index (χ0) is 12.8. The molecule has 2 atom stereocenters. The van der Waals surface area contributed by atoms with Crippen LogP contribution in [0.25, 0.3) is 11.0 Å². The van der Waals surface area contributed by atoms with Crippen molar-refractivity contribution < 1.29 is 0 Å². The third kappa shape index (κ3) is 1.84. The highest BCUT2D eigenvalue weighted by Crippen LogP contribution is 2.31. The van der Waals surface area contributed by atoms with E-state index >= 15 is 0 Å². The summed E-state index contributed by atoms with van der Waals surface area (Å²) in [6, 6.07) is 2.34. The van der Waals surface area contributed by atoms with Crippen LogP contribution in [0.3, 0.4) is 0 Å². The van der Waals surface area contributed by atoms with Crippen LogP contribution in [-0.2, 0) is 0 Å². The van der Waals surface area contributed by atoms with Gasteiger partial charge in [-0.15, -0.1) is 0 Å². The van der Waals surface area contributed by atoms with Gasteiger partial charge in [-0.1, -0.05) is 11.6 Å². The number of fused-ring (bicyclic) bond motifs is 2. The first kappa shape index (κ1) is 11.4. The second kappa shape index (κ2) is 4.28. The van der Waals surface area contributed by atoms with E-state index in [1.807, 2.05) is 0 Å². The Bertz CT molecular complexity index is 619. The molecule has 0 saturated carbocycles. The molecule has 2 aliphatic rings. The third-order valence-corrected chi connectivity index (χ3v) is 4.26. The molecule has 2 unspecified atom stereocenters. The number of rotatable bonds is 1. The molecule has 4 heterocycles. The Hall–Kier alpha value is -1.46. The molecule has 2 aromatic heterocycles. The van der Waals surface area contributed by atoms with Gasteiger partial charge in [0.2, 0.25) is 0 Å². The van der Waals surface area contributed by atoms with Crippen molar-refractivity contribution >= 4 is 28.5 Å².